The van der Waals surface area contributed by atoms with Crippen molar-refractivity contribution >= 4 is 21.6 Å². The lowest BCUT2D eigenvalue weighted by Gasteiger charge is -2.31. The molecule has 0 saturated heterocycles. The van der Waals surface area contributed by atoms with Crippen LogP contribution in [-0.2, 0) is 0 Å². The number of hydrogen-bond acceptors (Lipinski definition) is 3. The molecule has 142 valence electrons. The summed E-state index contributed by atoms with van der Waals surface area (Å²) < 4.78 is 14.3. The van der Waals surface area contributed by atoms with E-state index in [9.17, 15) is 9.50 Å². The van der Waals surface area contributed by atoms with E-state index in [2.05, 4.69) is 52.4 Å². The van der Waals surface area contributed by atoms with Crippen LogP contribution in [0.2, 0.25) is 0 Å². The Labute approximate surface area is 172 Å². The SMILES string of the molecule is Cc1ccc(C2=NC(c3ccc(F)cc3)NC(c3cc(Br)ccc3O)C2)cc1. The molecule has 2 atom stereocenters. The third kappa shape index (κ3) is 4.01. The number of rotatable bonds is 3. The van der Waals surface area contributed by atoms with Crippen molar-refractivity contribution in [1.29, 1.82) is 0 Å². The Morgan fingerprint density at radius 2 is 1.75 bits per heavy atom. The number of benzene rings is 3. The van der Waals surface area contributed by atoms with Crippen molar-refractivity contribution in [3.05, 3.63) is 99.3 Å². The lowest BCUT2D eigenvalue weighted by atomic mass is 9.93. The molecular weight excluding hydrogens is 419 g/mol. The first kappa shape index (κ1) is 18.8. The number of aryl methyl sites for hydroxylation is 1. The van der Waals surface area contributed by atoms with E-state index in [4.69, 9.17) is 4.99 Å². The number of aromatic hydroxyl groups is 1. The van der Waals surface area contributed by atoms with Gasteiger partial charge in [0.15, 0.2) is 0 Å². The van der Waals surface area contributed by atoms with Crippen molar-refractivity contribution in [3.63, 3.8) is 0 Å². The van der Waals surface area contributed by atoms with Crippen molar-refractivity contribution in [1.82, 2.24) is 5.32 Å². The number of halogens is 2. The second kappa shape index (κ2) is 7.86. The first-order valence-corrected chi connectivity index (χ1v) is 9.92. The van der Waals surface area contributed by atoms with E-state index in [1.807, 2.05) is 12.1 Å². The van der Waals surface area contributed by atoms with Gasteiger partial charge in [0.1, 0.15) is 17.7 Å². The van der Waals surface area contributed by atoms with Crippen LogP contribution >= 0.6 is 15.9 Å². The average molecular weight is 439 g/mol. The highest BCUT2D eigenvalue weighted by atomic mass is 79.9. The van der Waals surface area contributed by atoms with Crippen LogP contribution in [-0.4, -0.2) is 10.8 Å². The summed E-state index contributed by atoms with van der Waals surface area (Å²) in [7, 11) is 0. The van der Waals surface area contributed by atoms with Crippen LogP contribution in [0, 0.1) is 12.7 Å². The molecule has 0 bridgehead atoms. The highest BCUT2D eigenvalue weighted by molar-refractivity contribution is 9.10. The van der Waals surface area contributed by atoms with Crippen LogP contribution < -0.4 is 5.32 Å². The minimum absolute atomic E-state index is 0.124. The van der Waals surface area contributed by atoms with E-state index >= 15 is 0 Å². The molecule has 28 heavy (non-hydrogen) atoms. The highest BCUT2D eigenvalue weighted by Gasteiger charge is 2.27. The highest BCUT2D eigenvalue weighted by Crippen LogP contribution is 2.35. The fourth-order valence-corrected chi connectivity index (χ4v) is 3.83. The molecule has 0 amide bonds. The Bertz CT molecular complexity index is 1020. The third-order valence-electron chi connectivity index (χ3n) is 4.98. The molecule has 3 nitrogen and oxygen atoms in total. The Hall–Kier alpha value is -2.50. The molecule has 3 aromatic carbocycles. The molecule has 0 spiro atoms. The third-order valence-corrected chi connectivity index (χ3v) is 5.47. The van der Waals surface area contributed by atoms with Crippen molar-refractivity contribution < 1.29 is 9.50 Å². The predicted octanol–water partition coefficient (Wildman–Crippen LogP) is 5.82. The van der Waals surface area contributed by atoms with Gasteiger partial charge in [-0.2, -0.15) is 0 Å². The predicted molar refractivity (Wildman–Crippen MR) is 113 cm³/mol. The number of hydrogen-bond donors (Lipinski definition) is 2. The Balaban J connectivity index is 1.76. The van der Waals surface area contributed by atoms with Gasteiger partial charge in [-0.05, 0) is 48.4 Å². The Morgan fingerprint density at radius 3 is 2.46 bits per heavy atom. The van der Waals surface area contributed by atoms with Gasteiger partial charge in [-0.3, -0.25) is 10.3 Å². The molecule has 0 radical (unpaired) electrons. The molecule has 0 aromatic heterocycles. The molecule has 2 N–H and O–H groups in total. The molecule has 3 aromatic rings. The van der Waals surface area contributed by atoms with Crippen LogP contribution in [0.5, 0.6) is 5.75 Å². The van der Waals surface area contributed by atoms with E-state index in [0.29, 0.717) is 6.42 Å². The quantitative estimate of drug-likeness (QED) is 0.540. The summed E-state index contributed by atoms with van der Waals surface area (Å²) in [6.45, 7) is 2.05. The smallest absolute Gasteiger partial charge is 0.126 e. The van der Waals surface area contributed by atoms with Crippen molar-refractivity contribution in [2.45, 2.75) is 25.6 Å². The van der Waals surface area contributed by atoms with E-state index in [0.717, 1.165) is 26.9 Å². The molecule has 1 aliphatic heterocycles. The zero-order chi connectivity index (χ0) is 19.7. The number of nitrogens with one attached hydrogen (secondary N) is 1. The van der Waals surface area contributed by atoms with Crippen molar-refractivity contribution in [3.8, 4) is 5.75 Å². The number of phenolic OH excluding ortho intramolecular Hbond substituents is 1. The van der Waals surface area contributed by atoms with Crippen LogP contribution in [0.4, 0.5) is 4.39 Å². The Kier molecular flexibility index (Phi) is 5.29. The Morgan fingerprint density at radius 1 is 1.04 bits per heavy atom. The minimum Gasteiger partial charge on any atom is -0.508 e. The standard InChI is InChI=1S/C23H20BrFN2O/c1-14-2-4-15(5-3-14)20-13-21(19-12-17(24)8-11-22(19)28)27-23(26-20)16-6-9-18(25)10-7-16/h2-12,21,23,27-28H,13H2,1H3. The molecule has 2 unspecified atom stereocenters. The maximum Gasteiger partial charge on any atom is 0.126 e. The van der Waals surface area contributed by atoms with E-state index in [-0.39, 0.29) is 23.8 Å². The van der Waals surface area contributed by atoms with E-state index in [1.54, 1.807) is 18.2 Å². The molecule has 0 aliphatic carbocycles. The zero-order valence-corrected chi connectivity index (χ0v) is 16.9. The first-order chi connectivity index (χ1) is 13.5. The summed E-state index contributed by atoms with van der Waals surface area (Å²) in [4.78, 5) is 4.90. The zero-order valence-electron chi connectivity index (χ0n) is 15.4. The van der Waals surface area contributed by atoms with Gasteiger partial charge in [-0.25, -0.2) is 4.39 Å². The largest absolute Gasteiger partial charge is 0.508 e. The molecule has 1 aliphatic rings. The molecule has 1 heterocycles. The van der Waals surface area contributed by atoms with Crippen LogP contribution in [0.3, 0.4) is 0 Å². The summed E-state index contributed by atoms with van der Waals surface area (Å²) in [6, 6.07) is 19.9. The van der Waals surface area contributed by atoms with E-state index < -0.39 is 0 Å². The number of nitrogens with zero attached hydrogens (tertiary/aromatic N) is 1. The summed E-state index contributed by atoms with van der Waals surface area (Å²) in [5, 5.41) is 13.9. The minimum atomic E-state index is -0.325. The maximum absolute atomic E-state index is 13.4. The summed E-state index contributed by atoms with van der Waals surface area (Å²) in [5.74, 6) is -0.0350. The molecule has 4 rings (SSSR count). The van der Waals surface area contributed by atoms with Gasteiger partial charge in [-0.1, -0.05) is 57.9 Å². The fourth-order valence-electron chi connectivity index (χ4n) is 3.45. The topological polar surface area (TPSA) is 44.6 Å². The van der Waals surface area contributed by atoms with Crippen molar-refractivity contribution in [2.75, 3.05) is 0 Å². The molecule has 0 fully saturated rings. The van der Waals surface area contributed by atoms with Gasteiger partial charge in [0.2, 0.25) is 0 Å². The van der Waals surface area contributed by atoms with E-state index in [1.165, 1.54) is 17.7 Å². The fraction of sp³-hybridized carbons (Fsp3) is 0.174. The van der Waals surface area contributed by atoms with Crippen LogP contribution in [0.25, 0.3) is 0 Å². The van der Waals surface area contributed by atoms with Gasteiger partial charge in [0.25, 0.3) is 0 Å². The molecule has 5 heteroatoms. The maximum atomic E-state index is 13.4. The monoisotopic (exact) mass is 438 g/mol. The number of phenols is 1. The summed E-state index contributed by atoms with van der Waals surface area (Å²) >= 11 is 3.49. The molecular formula is C23H20BrFN2O. The second-order valence-electron chi connectivity index (χ2n) is 7.02. The summed E-state index contributed by atoms with van der Waals surface area (Å²) in [6.07, 6.45) is 0.319. The normalized spacial score (nSPS) is 19.3. The van der Waals surface area contributed by atoms with Crippen molar-refractivity contribution in [2.24, 2.45) is 4.99 Å². The van der Waals surface area contributed by atoms with Gasteiger partial charge in [-0.15, -0.1) is 0 Å². The van der Waals surface area contributed by atoms with Gasteiger partial charge < -0.3 is 5.11 Å². The van der Waals surface area contributed by atoms with Gasteiger partial charge >= 0.3 is 0 Å². The lowest BCUT2D eigenvalue weighted by molar-refractivity contribution is 0.412. The lowest BCUT2D eigenvalue weighted by Crippen LogP contribution is -2.33. The van der Waals surface area contributed by atoms with Crippen LogP contribution in [0.15, 0.2) is 76.2 Å². The molecule has 0 saturated carbocycles. The second-order valence-corrected chi connectivity index (χ2v) is 7.94. The van der Waals surface area contributed by atoms with Gasteiger partial charge in [0, 0.05) is 28.2 Å². The van der Waals surface area contributed by atoms with Crippen LogP contribution in [0.1, 0.15) is 40.9 Å². The summed E-state index contributed by atoms with van der Waals surface area (Å²) in [5.41, 5.74) is 4.89. The van der Waals surface area contributed by atoms with Gasteiger partial charge in [0.05, 0.1) is 0 Å². The average Bonchev–Trinajstić information content (AvgIpc) is 2.70. The first-order valence-electron chi connectivity index (χ1n) is 9.13. The number of aliphatic imine (C=N–C) groups is 1.